The van der Waals surface area contributed by atoms with E-state index >= 15 is 0 Å². The number of benzene rings is 1. The predicted molar refractivity (Wildman–Crippen MR) is 60.6 cm³/mol. The maximum absolute atomic E-state index is 13.4. The summed E-state index contributed by atoms with van der Waals surface area (Å²) in [6.07, 6.45) is 1.04. The zero-order chi connectivity index (χ0) is 13.3. The van der Waals surface area contributed by atoms with Crippen molar-refractivity contribution in [3.05, 3.63) is 34.5 Å². The van der Waals surface area contributed by atoms with Gasteiger partial charge in [0.25, 0.3) is 0 Å². The van der Waals surface area contributed by atoms with E-state index in [1.165, 1.54) is 12.1 Å². The van der Waals surface area contributed by atoms with E-state index in [9.17, 15) is 17.6 Å². The van der Waals surface area contributed by atoms with Gasteiger partial charge in [0.1, 0.15) is 0 Å². The lowest BCUT2D eigenvalue weighted by atomic mass is 10.2. The Labute approximate surface area is 103 Å². The number of rotatable bonds is 2. The maximum Gasteiger partial charge on any atom is 0.353 e. The Hall–Kier alpha value is -1.89. The summed E-state index contributed by atoms with van der Waals surface area (Å²) in [5.41, 5.74) is 0.174. The van der Waals surface area contributed by atoms with Crippen molar-refractivity contribution in [3.63, 3.8) is 0 Å². The van der Waals surface area contributed by atoms with Gasteiger partial charge in [-0.2, -0.15) is 8.42 Å². The molecule has 1 aliphatic rings. The minimum atomic E-state index is -4.33. The molecule has 0 unspecified atom stereocenters. The van der Waals surface area contributed by atoms with Crippen molar-refractivity contribution in [2.24, 2.45) is 0 Å². The maximum atomic E-state index is 13.4. The summed E-state index contributed by atoms with van der Waals surface area (Å²) < 4.78 is 45.8. The first kappa shape index (κ1) is 12.6. The molecular formula is C11H9FO5S. The van der Waals surface area contributed by atoms with Crippen LogP contribution in [-0.4, -0.2) is 21.0 Å². The van der Waals surface area contributed by atoms with Crippen molar-refractivity contribution in [2.75, 3.05) is 6.61 Å². The minimum absolute atomic E-state index is 0.0295. The molecule has 0 aliphatic carbocycles. The summed E-state index contributed by atoms with van der Waals surface area (Å²) in [7, 11) is -4.33. The molecule has 0 fully saturated rings. The second kappa shape index (κ2) is 4.41. The lowest BCUT2D eigenvalue weighted by Gasteiger charge is -2.16. The lowest BCUT2D eigenvalue weighted by molar-refractivity contribution is -0.137. The molecule has 1 heterocycles. The van der Waals surface area contributed by atoms with E-state index in [0.717, 1.165) is 12.1 Å². The summed E-state index contributed by atoms with van der Waals surface area (Å²) in [4.78, 5) is 10.8. The zero-order valence-electron chi connectivity index (χ0n) is 9.34. The summed E-state index contributed by atoms with van der Waals surface area (Å²) in [6.45, 7) is 1.57. The third-order valence-electron chi connectivity index (χ3n) is 2.22. The standard InChI is InChI=1S/C11H9FO5S/c1-2-16-11(13)9-6-7-4-3-5-8(12)10(7)17-18(9,14)15/h3-6H,2H2,1H3. The monoisotopic (exact) mass is 272 g/mol. The third-order valence-corrected chi connectivity index (χ3v) is 3.43. The van der Waals surface area contributed by atoms with Gasteiger partial charge in [-0.25, -0.2) is 9.18 Å². The van der Waals surface area contributed by atoms with E-state index in [1.54, 1.807) is 6.92 Å². The molecule has 1 aromatic rings. The van der Waals surface area contributed by atoms with Crippen LogP contribution in [0, 0.1) is 5.82 Å². The predicted octanol–water partition coefficient (Wildman–Crippen LogP) is 1.45. The van der Waals surface area contributed by atoms with Gasteiger partial charge >= 0.3 is 16.1 Å². The van der Waals surface area contributed by atoms with Crippen LogP contribution in [0.1, 0.15) is 12.5 Å². The lowest BCUT2D eigenvalue weighted by Crippen LogP contribution is -2.23. The molecule has 0 aromatic heterocycles. The fourth-order valence-electron chi connectivity index (χ4n) is 1.46. The van der Waals surface area contributed by atoms with E-state index in [1.807, 2.05) is 0 Å². The summed E-state index contributed by atoms with van der Waals surface area (Å²) in [5, 5.41) is 0. The molecule has 0 saturated carbocycles. The molecule has 0 saturated heterocycles. The highest BCUT2D eigenvalue weighted by Gasteiger charge is 2.34. The van der Waals surface area contributed by atoms with E-state index in [0.29, 0.717) is 0 Å². The number of para-hydroxylation sites is 1. The van der Waals surface area contributed by atoms with E-state index in [2.05, 4.69) is 8.92 Å². The van der Waals surface area contributed by atoms with Crippen LogP contribution in [0.5, 0.6) is 5.75 Å². The van der Waals surface area contributed by atoms with Crippen molar-refractivity contribution in [2.45, 2.75) is 6.92 Å². The summed E-state index contributed by atoms with van der Waals surface area (Å²) >= 11 is 0. The second-order valence-corrected chi connectivity index (χ2v) is 4.94. The second-order valence-electron chi connectivity index (χ2n) is 3.42. The molecule has 0 atom stereocenters. The van der Waals surface area contributed by atoms with Crippen molar-refractivity contribution in [1.82, 2.24) is 0 Å². The number of hydrogen-bond acceptors (Lipinski definition) is 5. The number of hydrogen-bond donors (Lipinski definition) is 0. The number of ether oxygens (including phenoxy) is 1. The van der Waals surface area contributed by atoms with Crippen molar-refractivity contribution >= 4 is 22.2 Å². The van der Waals surface area contributed by atoms with Gasteiger partial charge in [-0.15, -0.1) is 0 Å². The molecule has 0 spiro atoms. The van der Waals surface area contributed by atoms with Crippen molar-refractivity contribution in [1.29, 1.82) is 0 Å². The van der Waals surface area contributed by atoms with E-state index in [-0.39, 0.29) is 12.2 Å². The van der Waals surface area contributed by atoms with E-state index < -0.39 is 32.6 Å². The highest BCUT2D eigenvalue weighted by atomic mass is 32.2. The molecule has 0 bridgehead atoms. The molecule has 18 heavy (non-hydrogen) atoms. The summed E-state index contributed by atoms with van der Waals surface area (Å²) in [6, 6.07) is 3.89. The highest BCUT2D eigenvalue weighted by molar-refractivity contribution is 7.92. The molecule has 2 rings (SSSR count). The third kappa shape index (κ3) is 2.08. The number of carbonyl (C=O) groups is 1. The van der Waals surface area contributed by atoms with Crippen LogP contribution < -0.4 is 4.18 Å². The highest BCUT2D eigenvalue weighted by Crippen LogP contribution is 2.33. The van der Waals surface area contributed by atoms with Crippen LogP contribution in [0.3, 0.4) is 0 Å². The Morgan fingerprint density at radius 3 is 2.83 bits per heavy atom. The average molecular weight is 272 g/mol. The van der Waals surface area contributed by atoms with Crippen LogP contribution in [-0.2, 0) is 19.6 Å². The molecule has 0 amide bonds. The molecule has 0 radical (unpaired) electrons. The van der Waals surface area contributed by atoms with Gasteiger partial charge in [0.15, 0.2) is 16.5 Å². The van der Waals surface area contributed by atoms with Crippen molar-refractivity contribution in [3.8, 4) is 5.75 Å². The Balaban J connectivity index is 2.56. The number of halogens is 1. The van der Waals surface area contributed by atoms with Gasteiger partial charge in [-0.05, 0) is 19.1 Å². The molecule has 0 N–H and O–H groups in total. The summed E-state index contributed by atoms with van der Waals surface area (Å²) in [5.74, 6) is -2.24. The Morgan fingerprint density at radius 2 is 2.17 bits per heavy atom. The normalized spacial score (nSPS) is 16.2. The van der Waals surface area contributed by atoms with E-state index in [4.69, 9.17) is 0 Å². The van der Waals surface area contributed by atoms with Crippen molar-refractivity contribution < 1.29 is 26.5 Å². The number of carbonyl (C=O) groups excluding carboxylic acids is 1. The molecule has 5 nitrogen and oxygen atoms in total. The van der Waals surface area contributed by atoms with Crippen LogP contribution in [0.25, 0.3) is 6.08 Å². The first-order valence-electron chi connectivity index (χ1n) is 5.07. The molecular weight excluding hydrogens is 263 g/mol. The smallest absolute Gasteiger partial charge is 0.353 e. The number of esters is 1. The molecule has 1 aliphatic heterocycles. The fourth-order valence-corrected chi connectivity index (χ4v) is 2.48. The van der Waals surface area contributed by atoms with Crippen LogP contribution in [0.15, 0.2) is 23.1 Å². The quantitative estimate of drug-likeness (QED) is 0.602. The Bertz CT molecular complexity index is 633. The van der Waals surface area contributed by atoms with Gasteiger partial charge in [0.2, 0.25) is 0 Å². The Morgan fingerprint density at radius 1 is 1.44 bits per heavy atom. The zero-order valence-corrected chi connectivity index (χ0v) is 10.2. The minimum Gasteiger partial charge on any atom is -0.462 e. The molecule has 1 aromatic carbocycles. The van der Waals surface area contributed by atoms with Crippen LogP contribution >= 0.6 is 0 Å². The van der Waals surface area contributed by atoms with Gasteiger partial charge in [-0.1, -0.05) is 12.1 Å². The van der Waals surface area contributed by atoms with Crippen LogP contribution in [0.2, 0.25) is 0 Å². The molecule has 96 valence electrons. The number of fused-ring (bicyclic) bond motifs is 1. The van der Waals surface area contributed by atoms with Gasteiger partial charge in [0.05, 0.1) is 6.61 Å². The van der Waals surface area contributed by atoms with Gasteiger partial charge in [-0.3, -0.25) is 0 Å². The fraction of sp³-hybridized carbons (Fsp3) is 0.182. The van der Waals surface area contributed by atoms with Gasteiger partial charge < -0.3 is 8.92 Å². The SMILES string of the molecule is CCOC(=O)C1=Cc2cccc(F)c2OS1(=O)=O. The largest absolute Gasteiger partial charge is 0.462 e. The first-order valence-corrected chi connectivity index (χ1v) is 6.48. The van der Waals surface area contributed by atoms with Gasteiger partial charge in [0, 0.05) is 5.56 Å². The average Bonchev–Trinajstić information content (AvgIpc) is 2.29. The topological polar surface area (TPSA) is 69.7 Å². The van der Waals surface area contributed by atoms with Crippen LogP contribution in [0.4, 0.5) is 4.39 Å². The Kier molecular flexibility index (Phi) is 3.08. The molecule has 7 heteroatoms. The first-order chi connectivity index (χ1) is 8.45.